The van der Waals surface area contributed by atoms with Crippen molar-refractivity contribution in [3.63, 3.8) is 0 Å². The second-order valence-corrected chi connectivity index (χ2v) is 7.60. The molecule has 1 aromatic heterocycles. The number of aromatic nitrogens is 1. The van der Waals surface area contributed by atoms with E-state index in [9.17, 15) is 14.4 Å². The third-order valence-electron chi connectivity index (χ3n) is 3.91. The van der Waals surface area contributed by atoms with E-state index in [0.717, 1.165) is 0 Å². The Morgan fingerprint density at radius 2 is 2.11 bits per heavy atom. The topological polar surface area (TPSA) is 123 Å². The fraction of sp³-hybridized carbons (Fsp3) is 0.333. The average molecular weight is 404 g/mol. The number of anilines is 3. The fourth-order valence-electron chi connectivity index (χ4n) is 2.41. The van der Waals surface area contributed by atoms with Crippen molar-refractivity contribution >= 4 is 46.7 Å². The molecule has 3 amide bonds. The number of nitrogens with zero attached hydrogens (tertiary/aromatic N) is 1. The molecule has 0 saturated heterocycles. The standard InChI is InChI=1S/C18H20N4O5S/c1-9-6-15(22-27-9)21-18(25)11(3)28-8-16(23)19-12-4-5-14-13(7-12)20-17(24)10(2)26-14/h4-7,10-11H,8H2,1-3H3,(H,19,23)(H,20,24)(H,21,22,25)/t10-,11-/m1/s1. The van der Waals surface area contributed by atoms with Gasteiger partial charge in [0, 0.05) is 11.8 Å². The lowest BCUT2D eigenvalue weighted by atomic mass is 10.2. The van der Waals surface area contributed by atoms with E-state index in [2.05, 4.69) is 21.1 Å². The van der Waals surface area contributed by atoms with Crippen molar-refractivity contribution < 1.29 is 23.6 Å². The van der Waals surface area contributed by atoms with Crippen LogP contribution in [-0.2, 0) is 14.4 Å². The molecular formula is C18H20N4O5S. The van der Waals surface area contributed by atoms with Crippen LogP contribution >= 0.6 is 11.8 Å². The zero-order valence-electron chi connectivity index (χ0n) is 15.6. The van der Waals surface area contributed by atoms with Gasteiger partial charge in [0.25, 0.3) is 5.91 Å². The highest BCUT2D eigenvalue weighted by atomic mass is 32.2. The summed E-state index contributed by atoms with van der Waals surface area (Å²) in [6, 6.07) is 6.62. The molecule has 148 valence electrons. The minimum absolute atomic E-state index is 0.0867. The summed E-state index contributed by atoms with van der Waals surface area (Å²) < 4.78 is 10.4. The Bertz CT molecular complexity index is 913. The summed E-state index contributed by atoms with van der Waals surface area (Å²) in [6.07, 6.45) is -0.557. The monoisotopic (exact) mass is 404 g/mol. The molecule has 1 aliphatic rings. The molecule has 0 unspecified atom stereocenters. The number of hydrogen-bond acceptors (Lipinski definition) is 7. The summed E-state index contributed by atoms with van der Waals surface area (Å²) in [5.74, 6) is 0.792. The molecule has 2 atom stereocenters. The molecule has 0 bridgehead atoms. The number of hydrogen-bond donors (Lipinski definition) is 3. The Balaban J connectivity index is 1.49. The maximum atomic E-state index is 12.2. The molecule has 1 aromatic carbocycles. The fourth-order valence-corrected chi connectivity index (χ4v) is 3.10. The number of ether oxygens (including phenoxy) is 1. The first-order valence-corrected chi connectivity index (χ1v) is 9.64. The third kappa shape index (κ3) is 4.83. The summed E-state index contributed by atoms with van der Waals surface area (Å²) in [7, 11) is 0. The van der Waals surface area contributed by atoms with E-state index in [0.29, 0.717) is 28.7 Å². The van der Waals surface area contributed by atoms with Crippen LogP contribution in [0.4, 0.5) is 17.2 Å². The molecular weight excluding hydrogens is 384 g/mol. The second-order valence-electron chi connectivity index (χ2n) is 6.27. The Hall–Kier alpha value is -3.01. The van der Waals surface area contributed by atoms with Gasteiger partial charge in [0.1, 0.15) is 11.5 Å². The molecule has 3 rings (SSSR count). The van der Waals surface area contributed by atoms with E-state index in [1.54, 1.807) is 45.0 Å². The lowest BCUT2D eigenvalue weighted by Gasteiger charge is -2.23. The van der Waals surface area contributed by atoms with Crippen molar-refractivity contribution in [2.75, 3.05) is 21.7 Å². The Kier molecular flexibility index (Phi) is 5.88. The minimum atomic E-state index is -0.557. The average Bonchev–Trinajstić information content (AvgIpc) is 3.05. The molecule has 10 heteroatoms. The van der Waals surface area contributed by atoms with Gasteiger partial charge in [-0.05, 0) is 39.0 Å². The Morgan fingerprint density at radius 3 is 2.82 bits per heavy atom. The quantitative estimate of drug-likeness (QED) is 0.676. The van der Waals surface area contributed by atoms with Crippen molar-refractivity contribution in [2.24, 2.45) is 0 Å². The number of aryl methyl sites for hydroxylation is 1. The summed E-state index contributed by atoms with van der Waals surface area (Å²) in [5.41, 5.74) is 1.03. The Labute approximate surface area is 165 Å². The number of benzene rings is 1. The van der Waals surface area contributed by atoms with E-state index in [1.807, 2.05) is 0 Å². The normalized spacial score (nSPS) is 16.4. The third-order valence-corrected chi connectivity index (χ3v) is 5.05. The van der Waals surface area contributed by atoms with Gasteiger partial charge in [-0.3, -0.25) is 14.4 Å². The van der Waals surface area contributed by atoms with Crippen LogP contribution in [0.3, 0.4) is 0 Å². The zero-order chi connectivity index (χ0) is 20.3. The first-order chi connectivity index (χ1) is 13.3. The van der Waals surface area contributed by atoms with Crippen LogP contribution < -0.4 is 20.7 Å². The minimum Gasteiger partial charge on any atom is -0.479 e. The zero-order valence-corrected chi connectivity index (χ0v) is 16.4. The highest BCUT2D eigenvalue weighted by Crippen LogP contribution is 2.32. The van der Waals surface area contributed by atoms with Gasteiger partial charge < -0.3 is 25.2 Å². The van der Waals surface area contributed by atoms with Gasteiger partial charge in [-0.2, -0.15) is 0 Å². The first-order valence-electron chi connectivity index (χ1n) is 8.59. The number of nitrogens with one attached hydrogen (secondary N) is 3. The van der Waals surface area contributed by atoms with Crippen LogP contribution in [0.1, 0.15) is 19.6 Å². The van der Waals surface area contributed by atoms with E-state index in [1.165, 1.54) is 11.8 Å². The highest BCUT2D eigenvalue weighted by molar-refractivity contribution is 8.01. The predicted octanol–water partition coefficient (Wildman–Crippen LogP) is 2.40. The molecule has 2 heterocycles. The van der Waals surface area contributed by atoms with E-state index in [-0.39, 0.29) is 23.5 Å². The van der Waals surface area contributed by atoms with Gasteiger partial charge in [-0.15, -0.1) is 11.8 Å². The number of carbonyl (C=O) groups is 3. The number of amides is 3. The van der Waals surface area contributed by atoms with Gasteiger partial charge in [0.2, 0.25) is 11.8 Å². The highest BCUT2D eigenvalue weighted by Gasteiger charge is 2.24. The van der Waals surface area contributed by atoms with E-state index in [4.69, 9.17) is 9.26 Å². The SMILES string of the molecule is Cc1cc(NC(=O)[C@@H](C)SCC(=O)Nc2ccc3c(c2)NC(=O)[C@@H](C)O3)no1. The molecule has 0 radical (unpaired) electrons. The number of rotatable bonds is 6. The second kappa shape index (κ2) is 8.34. The summed E-state index contributed by atoms with van der Waals surface area (Å²) in [4.78, 5) is 36.0. The van der Waals surface area contributed by atoms with Gasteiger partial charge in [0.15, 0.2) is 11.9 Å². The lowest BCUT2D eigenvalue weighted by molar-refractivity contribution is -0.122. The predicted molar refractivity (Wildman–Crippen MR) is 106 cm³/mol. The van der Waals surface area contributed by atoms with Crippen molar-refractivity contribution in [1.82, 2.24) is 5.16 Å². The van der Waals surface area contributed by atoms with Crippen molar-refractivity contribution in [3.05, 3.63) is 30.0 Å². The van der Waals surface area contributed by atoms with Gasteiger partial charge >= 0.3 is 0 Å². The Morgan fingerprint density at radius 1 is 1.32 bits per heavy atom. The molecule has 1 aliphatic heterocycles. The molecule has 0 fully saturated rings. The molecule has 0 spiro atoms. The van der Waals surface area contributed by atoms with Crippen LogP contribution in [-0.4, -0.2) is 40.0 Å². The van der Waals surface area contributed by atoms with E-state index >= 15 is 0 Å². The lowest BCUT2D eigenvalue weighted by Crippen LogP contribution is -2.34. The van der Waals surface area contributed by atoms with Gasteiger partial charge in [-0.1, -0.05) is 5.16 Å². The smallest absolute Gasteiger partial charge is 0.265 e. The van der Waals surface area contributed by atoms with Crippen LogP contribution in [0.25, 0.3) is 0 Å². The molecule has 2 aromatic rings. The van der Waals surface area contributed by atoms with Crippen molar-refractivity contribution in [3.8, 4) is 5.75 Å². The van der Waals surface area contributed by atoms with Crippen LogP contribution in [0, 0.1) is 6.92 Å². The maximum absolute atomic E-state index is 12.2. The summed E-state index contributed by atoms with van der Waals surface area (Å²) in [5, 5.41) is 11.3. The van der Waals surface area contributed by atoms with Crippen LogP contribution in [0.5, 0.6) is 5.75 Å². The van der Waals surface area contributed by atoms with Crippen LogP contribution in [0.15, 0.2) is 28.8 Å². The summed E-state index contributed by atoms with van der Waals surface area (Å²) in [6.45, 7) is 5.09. The number of carbonyl (C=O) groups excluding carboxylic acids is 3. The molecule has 28 heavy (non-hydrogen) atoms. The largest absolute Gasteiger partial charge is 0.479 e. The number of thioether (sulfide) groups is 1. The number of fused-ring (bicyclic) bond motifs is 1. The molecule has 0 saturated carbocycles. The van der Waals surface area contributed by atoms with Crippen LogP contribution in [0.2, 0.25) is 0 Å². The van der Waals surface area contributed by atoms with Crippen molar-refractivity contribution in [1.29, 1.82) is 0 Å². The molecule has 3 N–H and O–H groups in total. The van der Waals surface area contributed by atoms with Crippen molar-refractivity contribution in [2.45, 2.75) is 32.1 Å². The maximum Gasteiger partial charge on any atom is 0.265 e. The summed E-state index contributed by atoms with van der Waals surface area (Å²) >= 11 is 1.19. The molecule has 9 nitrogen and oxygen atoms in total. The van der Waals surface area contributed by atoms with Gasteiger partial charge in [-0.25, -0.2) is 0 Å². The first kappa shape index (κ1) is 19.7. The van der Waals surface area contributed by atoms with E-state index < -0.39 is 11.4 Å². The molecule has 0 aliphatic carbocycles. The van der Waals surface area contributed by atoms with Gasteiger partial charge in [0.05, 0.1) is 16.7 Å².